The first kappa shape index (κ1) is 11.2. The van der Waals surface area contributed by atoms with E-state index in [4.69, 9.17) is 0 Å². The fourth-order valence-corrected chi connectivity index (χ4v) is 1.60. The molecule has 0 aliphatic heterocycles. The van der Waals surface area contributed by atoms with Gasteiger partial charge in [0.15, 0.2) is 0 Å². The van der Waals surface area contributed by atoms with Crippen LogP contribution in [0.2, 0.25) is 0 Å². The van der Waals surface area contributed by atoms with Gasteiger partial charge in [0, 0.05) is 13.1 Å². The lowest BCUT2D eigenvalue weighted by Crippen LogP contribution is -2.30. The van der Waals surface area contributed by atoms with Crippen molar-refractivity contribution in [2.75, 3.05) is 11.9 Å². The summed E-state index contributed by atoms with van der Waals surface area (Å²) in [5, 5.41) is 0. The van der Waals surface area contributed by atoms with Crippen LogP contribution in [0, 0.1) is 0 Å². The molecule has 1 N–H and O–H groups in total. The molecule has 5 heteroatoms. The van der Waals surface area contributed by atoms with Crippen molar-refractivity contribution in [3.05, 3.63) is 21.2 Å². The Morgan fingerprint density at radius 2 is 2.36 bits per heavy atom. The summed E-state index contributed by atoms with van der Waals surface area (Å²) < 4.78 is 0.489. The van der Waals surface area contributed by atoms with Crippen molar-refractivity contribution < 1.29 is 0 Å². The van der Waals surface area contributed by atoms with Crippen LogP contribution in [0.15, 0.2) is 15.6 Å². The van der Waals surface area contributed by atoms with Gasteiger partial charge < -0.3 is 9.88 Å². The van der Waals surface area contributed by atoms with Gasteiger partial charge >= 0.3 is 0 Å². The molecular formula is C9H14BrN3O. The predicted octanol–water partition coefficient (Wildman–Crippen LogP) is 1.77. The fraction of sp³-hybridized carbons (Fsp3) is 0.556. The number of halogens is 1. The van der Waals surface area contributed by atoms with Crippen LogP contribution in [0.5, 0.6) is 0 Å². The molecule has 0 fully saturated rings. The van der Waals surface area contributed by atoms with Gasteiger partial charge in [-0.05, 0) is 29.3 Å². The SMILES string of the molecule is CCC(C)N(C)c1nc[nH]c(=O)c1Br. The van der Waals surface area contributed by atoms with Crippen LogP contribution in [0.4, 0.5) is 5.82 Å². The Balaban J connectivity index is 3.07. The van der Waals surface area contributed by atoms with Crippen molar-refractivity contribution in [3.8, 4) is 0 Å². The maximum absolute atomic E-state index is 11.3. The van der Waals surface area contributed by atoms with E-state index < -0.39 is 0 Å². The van der Waals surface area contributed by atoms with Crippen LogP contribution in [0.25, 0.3) is 0 Å². The third-order valence-corrected chi connectivity index (χ3v) is 3.08. The highest BCUT2D eigenvalue weighted by Gasteiger charge is 2.13. The molecule has 0 bridgehead atoms. The lowest BCUT2D eigenvalue weighted by Gasteiger charge is -2.25. The van der Waals surface area contributed by atoms with E-state index in [2.05, 4.69) is 39.7 Å². The molecule has 1 aromatic rings. The van der Waals surface area contributed by atoms with E-state index in [0.29, 0.717) is 16.3 Å². The summed E-state index contributed by atoms with van der Waals surface area (Å²) in [6.45, 7) is 4.19. The molecule has 14 heavy (non-hydrogen) atoms. The van der Waals surface area contributed by atoms with E-state index in [9.17, 15) is 4.79 Å². The van der Waals surface area contributed by atoms with E-state index in [0.717, 1.165) is 6.42 Å². The molecular weight excluding hydrogens is 246 g/mol. The van der Waals surface area contributed by atoms with Gasteiger partial charge in [0.25, 0.3) is 5.56 Å². The van der Waals surface area contributed by atoms with E-state index in [-0.39, 0.29) is 5.56 Å². The molecule has 0 aliphatic carbocycles. The molecule has 1 aromatic heterocycles. The second kappa shape index (κ2) is 4.59. The summed E-state index contributed by atoms with van der Waals surface area (Å²) in [7, 11) is 1.93. The topological polar surface area (TPSA) is 49.0 Å². The zero-order chi connectivity index (χ0) is 10.7. The van der Waals surface area contributed by atoms with Crippen molar-refractivity contribution in [1.29, 1.82) is 0 Å². The maximum Gasteiger partial charge on any atom is 0.267 e. The van der Waals surface area contributed by atoms with E-state index in [1.165, 1.54) is 6.33 Å². The molecule has 0 saturated heterocycles. The number of nitrogens with one attached hydrogen (secondary N) is 1. The fourth-order valence-electron chi connectivity index (χ4n) is 1.10. The first-order chi connectivity index (χ1) is 6.57. The van der Waals surface area contributed by atoms with Gasteiger partial charge in [-0.2, -0.15) is 0 Å². The number of aromatic nitrogens is 2. The average Bonchev–Trinajstić information content (AvgIpc) is 2.20. The van der Waals surface area contributed by atoms with Crippen molar-refractivity contribution in [2.24, 2.45) is 0 Å². The lowest BCUT2D eigenvalue weighted by atomic mass is 10.2. The molecule has 4 nitrogen and oxygen atoms in total. The Bertz CT molecular complexity index is 363. The van der Waals surface area contributed by atoms with Crippen molar-refractivity contribution in [1.82, 2.24) is 9.97 Å². The van der Waals surface area contributed by atoms with Crippen molar-refractivity contribution in [3.63, 3.8) is 0 Å². The Morgan fingerprint density at radius 3 is 2.93 bits per heavy atom. The van der Waals surface area contributed by atoms with Gasteiger partial charge in [0.1, 0.15) is 10.3 Å². The standard InChI is InChI=1S/C9H14BrN3O/c1-4-6(2)13(3)8-7(10)9(14)12-5-11-8/h5-6H,4H2,1-3H3,(H,11,12,14). The third-order valence-electron chi connectivity index (χ3n) is 2.36. The molecule has 0 radical (unpaired) electrons. The number of H-pyrrole nitrogens is 1. The third kappa shape index (κ3) is 2.15. The van der Waals surface area contributed by atoms with Crippen LogP contribution in [-0.2, 0) is 0 Å². The van der Waals surface area contributed by atoms with E-state index >= 15 is 0 Å². The van der Waals surface area contributed by atoms with E-state index in [1.807, 2.05) is 11.9 Å². The quantitative estimate of drug-likeness (QED) is 0.901. The zero-order valence-electron chi connectivity index (χ0n) is 8.54. The second-order valence-corrected chi connectivity index (χ2v) is 4.03. The first-order valence-corrected chi connectivity index (χ1v) is 5.33. The van der Waals surface area contributed by atoms with Crippen LogP contribution >= 0.6 is 15.9 Å². The highest BCUT2D eigenvalue weighted by atomic mass is 79.9. The molecule has 78 valence electrons. The summed E-state index contributed by atoms with van der Waals surface area (Å²) >= 11 is 3.23. The highest BCUT2D eigenvalue weighted by Crippen LogP contribution is 2.20. The summed E-state index contributed by atoms with van der Waals surface area (Å²) in [4.78, 5) is 19.9. The molecule has 1 rings (SSSR count). The van der Waals surface area contributed by atoms with Gasteiger partial charge in [-0.15, -0.1) is 0 Å². The van der Waals surface area contributed by atoms with Gasteiger partial charge in [-0.1, -0.05) is 6.92 Å². The van der Waals surface area contributed by atoms with Gasteiger partial charge in [0.2, 0.25) is 0 Å². The lowest BCUT2D eigenvalue weighted by molar-refractivity contribution is 0.654. The van der Waals surface area contributed by atoms with Crippen LogP contribution in [0.1, 0.15) is 20.3 Å². The van der Waals surface area contributed by atoms with Gasteiger partial charge in [-0.3, -0.25) is 4.79 Å². The molecule has 0 aliphatic rings. The number of hydrogen-bond donors (Lipinski definition) is 1. The minimum atomic E-state index is -0.148. The Hall–Kier alpha value is -0.840. The largest absolute Gasteiger partial charge is 0.356 e. The zero-order valence-corrected chi connectivity index (χ0v) is 10.1. The van der Waals surface area contributed by atoms with E-state index in [1.54, 1.807) is 0 Å². The number of nitrogens with zero attached hydrogens (tertiary/aromatic N) is 2. The average molecular weight is 260 g/mol. The van der Waals surface area contributed by atoms with Crippen molar-refractivity contribution >= 4 is 21.7 Å². The summed E-state index contributed by atoms with van der Waals surface area (Å²) in [5.74, 6) is 0.683. The molecule has 0 spiro atoms. The maximum atomic E-state index is 11.3. The molecule has 1 heterocycles. The van der Waals surface area contributed by atoms with Gasteiger partial charge in [0.05, 0.1) is 6.33 Å². The monoisotopic (exact) mass is 259 g/mol. The summed E-state index contributed by atoms with van der Waals surface area (Å²) in [5.41, 5.74) is -0.148. The number of hydrogen-bond acceptors (Lipinski definition) is 3. The smallest absolute Gasteiger partial charge is 0.267 e. The molecule has 0 saturated carbocycles. The highest BCUT2D eigenvalue weighted by molar-refractivity contribution is 9.10. The van der Waals surface area contributed by atoms with Gasteiger partial charge in [-0.25, -0.2) is 4.98 Å². The minimum Gasteiger partial charge on any atom is -0.356 e. The summed E-state index contributed by atoms with van der Waals surface area (Å²) in [6.07, 6.45) is 2.43. The number of anilines is 1. The first-order valence-electron chi connectivity index (χ1n) is 4.54. The van der Waals surface area contributed by atoms with Crippen LogP contribution in [0.3, 0.4) is 0 Å². The Labute approximate surface area is 91.5 Å². The van der Waals surface area contributed by atoms with Crippen LogP contribution < -0.4 is 10.5 Å². The number of rotatable bonds is 3. The molecule has 0 aromatic carbocycles. The summed E-state index contributed by atoms with van der Waals surface area (Å²) in [6, 6.07) is 0.362. The Kier molecular flexibility index (Phi) is 3.69. The molecule has 1 unspecified atom stereocenters. The molecule has 0 amide bonds. The number of aromatic amines is 1. The van der Waals surface area contributed by atoms with Crippen molar-refractivity contribution in [2.45, 2.75) is 26.3 Å². The predicted molar refractivity (Wildman–Crippen MR) is 60.7 cm³/mol. The van der Waals surface area contributed by atoms with Crippen LogP contribution in [-0.4, -0.2) is 23.1 Å². The molecule has 1 atom stereocenters. The minimum absolute atomic E-state index is 0.148. The Morgan fingerprint density at radius 1 is 1.71 bits per heavy atom. The second-order valence-electron chi connectivity index (χ2n) is 3.24. The normalized spacial score (nSPS) is 12.6.